The quantitative estimate of drug-likeness (QED) is 0.838. The van der Waals surface area contributed by atoms with E-state index in [0.717, 1.165) is 30.8 Å². The first-order valence-electron chi connectivity index (χ1n) is 6.57. The van der Waals surface area contributed by atoms with Gasteiger partial charge >= 0.3 is 0 Å². The summed E-state index contributed by atoms with van der Waals surface area (Å²) >= 11 is 0. The van der Waals surface area contributed by atoms with E-state index in [2.05, 4.69) is 17.4 Å². The molecule has 0 aliphatic heterocycles. The molecular formula is C15H20N2O2. The van der Waals surface area contributed by atoms with Crippen LogP contribution in [-0.4, -0.2) is 16.3 Å². The zero-order chi connectivity index (χ0) is 13.7. The number of benzene rings is 1. The van der Waals surface area contributed by atoms with Gasteiger partial charge in [-0.1, -0.05) is 17.3 Å². The molecule has 1 heterocycles. The van der Waals surface area contributed by atoms with Crippen LogP contribution in [0.2, 0.25) is 0 Å². The predicted molar refractivity (Wildman–Crippen MR) is 74.0 cm³/mol. The SMILES string of the molecule is Cc1cc(CNC(C)CCc2ccc(O)cc2)no1. The summed E-state index contributed by atoms with van der Waals surface area (Å²) in [5, 5.41) is 16.6. The van der Waals surface area contributed by atoms with Gasteiger partial charge in [0, 0.05) is 18.7 Å². The number of aromatic hydroxyl groups is 1. The fraction of sp³-hybridized carbons (Fsp3) is 0.400. The molecule has 0 bridgehead atoms. The van der Waals surface area contributed by atoms with Crippen molar-refractivity contribution in [2.45, 2.75) is 39.3 Å². The lowest BCUT2D eigenvalue weighted by Gasteiger charge is -2.12. The molecule has 0 radical (unpaired) electrons. The lowest BCUT2D eigenvalue weighted by molar-refractivity contribution is 0.385. The Labute approximate surface area is 113 Å². The van der Waals surface area contributed by atoms with Crippen LogP contribution in [0.25, 0.3) is 0 Å². The van der Waals surface area contributed by atoms with Gasteiger partial charge in [0.15, 0.2) is 0 Å². The number of hydrogen-bond acceptors (Lipinski definition) is 4. The van der Waals surface area contributed by atoms with Crippen LogP contribution in [0.5, 0.6) is 5.75 Å². The third-order valence-corrected chi connectivity index (χ3v) is 3.11. The maximum atomic E-state index is 9.22. The van der Waals surface area contributed by atoms with E-state index in [1.165, 1.54) is 5.56 Å². The monoisotopic (exact) mass is 260 g/mol. The highest BCUT2D eigenvalue weighted by molar-refractivity contribution is 5.25. The molecule has 1 aromatic carbocycles. The minimum absolute atomic E-state index is 0.316. The van der Waals surface area contributed by atoms with Gasteiger partial charge in [-0.3, -0.25) is 0 Å². The standard InChI is InChI=1S/C15H20N2O2/c1-11(16-10-14-9-12(2)19-17-14)3-4-13-5-7-15(18)8-6-13/h5-9,11,16,18H,3-4,10H2,1-2H3. The zero-order valence-electron chi connectivity index (χ0n) is 11.4. The second-order valence-electron chi connectivity index (χ2n) is 4.92. The van der Waals surface area contributed by atoms with Gasteiger partial charge < -0.3 is 14.9 Å². The molecule has 4 heteroatoms. The van der Waals surface area contributed by atoms with Crippen molar-refractivity contribution in [2.24, 2.45) is 0 Å². The number of phenols is 1. The molecule has 1 aromatic heterocycles. The third-order valence-electron chi connectivity index (χ3n) is 3.11. The first-order chi connectivity index (χ1) is 9.13. The molecule has 0 amide bonds. The number of phenolic OH excluding ortho intramolecular Hbond substituents is 1. The van der Waals surface area contributed by atoms with Gasteiger partial charge in [-0.15, -0.1) is 0 Å². The smallest absolute Gasteiger partial charge is 0.133 e. The molecule has 0 fully saturated rings. The molecular weight excluding hydrogens is 240 g/mol. The minimum atomic E-state index is 0.316. The van der Waals surface area contributed by atoms with Crippen LogP contribution in [0.3, 0.4) is 0 Å². The fourth-order valence-electron chi connectivity index (χ4n) is 1.93. The fourth-order valence-corrected chi connectivity index (χ4v) is 1.93. The Hall–Kier alpha value is -1.81. The molecule has 0 saturated heterocycles. The summed E-state index contributed by atoms with van der Waals surface area (Å²) in [7, 11) is 0. The molecule has 1 unspecified atom stereocenters. The van der Waals surface area contributed by atoms with Crippen molar-refractivity contribution < 1.29 is 9.63 Å². The Morgan fingerprint density at radius 1 is 1.32 bits per heavy atom. The topological polar surface area (TPSA) is 58.3 Å². The van der Waals surface area contributed by atoms with E-state index in [1.807, 2.05) is 25.1 Å². The minimum Gasteiger partial charge on any atom is -0.508 e. The lowest BCUT2D eigenvalue weighted by Crippen LogP contribution is -2.26. The van der Waals surface area contributed by atoms with Crippen LogP contribution >= 0.6 is 0 Å². The number of nitrogens with one attached hydrogen (secondary N) is 1. The van der Waals surface area contributed by atoms with Crippen molar-refractivity contribution in [3.63, 3.8) is 0 Å². The van der Waals surface area contributed by atoms with E-state index in [1.54, 1.807) is 12.1 Å². The van der Waals surface area contributed by atoms with E-state index in [4.69, 9.17) is 4.52 Å². The molecule has 0 saturated carbocycles. The van der Waals surface area contributed by atoms with Crippen molar-refractivity contribution >= 4 is 0 Å². The second kappa shape index (κ2) is 6.38. The van der Waals surface area contributed by atoms with Gasteiger partial charge in [-0.2, -0.15) is 0 Å². The average Bonchev–Trinajstić information content (AvgIpc) is 2.81. The average molecular weight is 260 g/mol. The molecule has 0 spiro atoms. The van der Waals surface area contributed by atoms with Gasteiger partial charge in [-0.05, 0) is 44.4 Å². The summed E-state index contributed by atoms with van der Waals surface area (Å²) in [6, 6.07) is 9.73. The van der Waals surface area contributed by atoms with Crippen LogP contribution in [0.4, 0.5) is 0 Å². The first-order valence-corrected chi connectivity index (χ1v) is 6.57. The Morgan fingerprint density at radius 3 is 2.68 bits per heavy atom. The molecule has 4 nitrogen and oxygen atoms in total. The summed E-state index contributed by atoms with van der Waals surface area (Å²) in [6.45, 7) is 4.78. The predicted octanol–water partition coefficient (Wildman–Crippen LogP) is 2.80. The molecule has 1 atom stereocenters. The summed E-state index contributed by atoms with van der Waals surface area (Å²) < 4.78 is 5.02. The van der Waals surface area contributed by atoms with Crippen molar-refractivity contribution in [1.82, 2.24) is 10.5 Å². The molecule has 0 aliphatic rings. The van der Waals surface area contributed by atoms with E-state index in [-0.39, 0.29) is 0 Å². The number of hydrogen-bond donors (Lipinski definition) is 2. The van der Waals surface area contributed by atoms with Crippen LogP contribution in [0.1, 0.15) is 30.4 Å². The van der Waals surface area contributed by atoms with Gasteiger partial charge in [0.25, 0.3) is 0 Å². The summed E-state index contributed by atoms with van der Waals surface area (Å²) in [4.78, 5) is 0. The largest absolute Gasteiger partial charge is 0.508 e. The molecule has 2 aromatic rings. The number of aryl methyl sites for hydroxylation is 2. The Balaban J connectivity index is 1.72. The summed E-state index contributed by atoms with van der Waals surface area (Å²) in [5.41, 5.74) is 2.18. The highest BCUT2D eigenvalue weighted by Crippen LogP contribution is 2.12. The molecule has 0 aliphatic carbocycles. The summed E-state index contributed by atoms with van der Waals surface area (Å²) in [6.07, 6.45) is 2.04. The van der Waals surface area contributed by atoms with Gasteiger partial charge in [0.05, 0.1) is 5.69 Å². The maximum absolute atomic E-state index is 9.22. The van der Waals surface area contributed by atoms with Gasteiger partial charge in [-0.25, -0.2) is 0 Å². The first kappa shape index (κ1) is 13.6. The Kier molecular flexibility index (Phi) is 4.58. The van der Waals surface area contributed by atoms with E-state index < -0.39 is 0 Å². The maximum Gasteiger partial charge on any atom is 0.133 e. The number of nitrogens with zero attached hydrogens (tertiary/aromatic N) is 1. The zero-order valence-corrected chi connectivity index (χ0v) is 11.4. The summed E-state index contributed by atoms with van der Waals surface area (Å²) in [5.74, 6) is 1.16. The van der Waals surface area contributed by atoms with Crippen molar-refractivity contribution in [1.29, 1.82) is 0 Å². The number of aromatic nitrogens is 1. The highest BCUT2D eigenvalue weighted by Gasteiger charge is 2.05. The van der Waals surface area contributed by atoms with E-state index in [9.17, 15) is 5.11 Å². The Morgan fingerprint density at radius 2 is 2.05 bits per heavy atom. The normalized spacial score (nSPS) is 12.5. The van der Waals surface area contributed by atoms with Crippen LogP contribution in [0, 0.1) is 6.92 Å². The van der Waals surface area contributed by atoms with E-state index >= 15 is 0 Å². The highest BCUT2D eigenvalue weighted by atomic mass is 16.5. The number of rotatable bonds is 6. The molecule has 2 N–H and O–H groups in total. The van der Waals surface area contributed by atoms with Crippen LogP contribution in [-0.2, 0) is 13.0 Å². The molecule has 19 heavy (non-hydrogen) atoms. The van der Waals surface area contributed by atoms with Crippen molar-refractivity contribution in [3.8, 4) is 5.75 Å². The van der Waals surface area contributed by atoms with Crippen LogP contribution in [0.15, 0.2) is 34.9 Å². The van der Waals surface area contributed by atoms with Crippen LogP contribution < -0.4 is 5.32 Å². The van der Waals surface area contributed by atoms with Crippen molar-refractivity contribution in [2.75, 3.05) is 0 Å². The van der Waals surface area contributed by atoms with E-state index in [0.29, 0.717) is 11.8 Å². The lowest BCUT2D eigenvalue weighted by atomic mass is 10.1. The molecule has 2 rings (SSSR count). The second-order valence-corrected chi connectivity index (χ2v) is 4.92. The Bertz CT molecular complexity index is 505. The molecule has 102 valence electrons. The third kappa shape index (κ3) is 4.41. The van der Waals surface area contributed by atoms with Gasteiger partial charge in [0.2, 0.25) is 0 Å². The van der Waals surface area contributed by atoms with Crippen molar-refractivity contribution in [3.05, 3.63) is 47.3 Å². The van der Waals surface area contributed by atoms with Gasteiger partial charge in [0.1, 0.15) is 11.5 Å².